The molecule has 4 heterocycles. The Bertz CT molecular complexity index is 1220. The van der Waals surface area contributed by atoms with Crippen LogP contribution in [0.2, 0.25) is 14.8 Å². The molecule has 2 aromatic heterocycles. The fraction of sp³-hybridized carbons (Fsp3) is 0.500. The van der Waals surface area contributed by atoms with Crippen LogP contribution in [0.3, 0.4) is 0 Å². The van der Waals surface area contributed by atoms with Crippen LogP contribution in [0.4, 0.5) is 16.3 Å². The minimum atomic E-state index is -2.17. The number of fused-ring (bicyclic) bond motifs is 1. The van der Waals surface area contributed by atoms with Crippen LogP contribution in [0.15, 0.2) is 36.7 Å². The van der Waals surface area contributed by atoms with E-state index in [0.29, 0.717) is 23.3 Å². The fourth-order valence-corrected chi connectivity index (χ4v) is 8.60. The molecule has 2 saturated heterocycles. The van der Waals surface area contributed by atoms with Crippen molar-refractivity contribution in [2.24, 2.45) is 5.92 Å². The summed E-state index contributed by atoms with van der Waals surface area (Å²) in [6.07, 6.45) is 6.99. The van der Waals surface area contributed by atoms with Crippen LogP contribution >= 0.6 is 0 Å². The Labute approximate surface area is 206 Å². The SMILES string of the molecule is Cc1cc[c]([Sn]([CH3])([CH3])[CH3])cc1[C@H]1CCCN1c1ccn2ncc(NC(=O)N3CC[C@H](C)C3)c2n1. The summed E-state index contributed by atoms with van der Waals surface area (Å²) >= 11 is -2.17. The molecule has 0 aliphatic carbocycles. The summed E-state index contributed by atoms with van der Waals surface area (Å²) in [6, 6.07) is 9.45. The van der Waals surface area contributed by atoms with Crippen LogP contribution in [-0.4, -0.2) is 63.5 Å². The number of nitrogens with one attached hydrogen (secondary N) is 1. The van der Waals surface area contributed by atoms with E-state index < -0.39 is 18.4 Å². The molecule has 3 aromatic rings. The Kier molecular flexibility index (Phi) is 6.25. The van der Waals surface area contributed by atoms with Gasteiger partial charge in [-0.2, -0.15) is 0 Å². The molecule has 5 rings (SSSR count). The predicted octanol–water partition coefficient (Wildman–Crippen LogP) is 4.80. The molecule has 180 valence electrons. The molecule has 34 heavy (non-hydrogen) atoms. The first kappa shape index (κ1) is 23.5. The number of aryl methyl sites for hydroxylation is 1. The molecule has 2 amide bonds. The van der Waals surface area contributed by atoms with Gasteiger partial charge < -0.3 is 0 Å². The first-order valence-corrected chi connectivity index (χ1v) is 22.5. The van der Waals surface area contributed by atoms with Crippen molar-refractivity contribution in [2.45, 2.75) is 54.0 Å². The van der Waals surface area contributed by atoms with E-state index in [4.69, 9.17) is 4.98 Å². The van der Waals surface area contributed by atoms with Crippen molar-refractivity contribution in [2.75, 3.05) is 29.9 Å². The van der Waals surface area contributed by atoms with E-state index in [-0.39, 0.29) is 6.03 Å². The molecule has 0 bridgehead atoms. The number of amides is 2. The van der Waals surface area contributed by atoms with Gasteiger partial charge in [-0.25, -0.2) is 0 Å². The van der Waals surface area contributed by atoms with Crippen molar-refractivity contribution in [3.63, 3.8) is 0 Å². The van der Waals surface area contributed by atoms with E-state index in [9.17, 15) is 4.79 Å². The van der Waals surface area contributed by atoms with Crippen LogP contribution in [0.25, 0.3) is 5.65 Å². The number of hydrogen-bond acceptors (Lipinski definition) is 4. The number of nitrogens with zero attached hydrogens (tertiary/aromatic N) is 5. The number of urea groups is 1. The summed E-state index contributed by atoms with van der Waals surface area (Å²) in [5, 5.41) is 7.47. The minimum absolute atomic E-state index is 0.0635. The van der Waals surface area contributed by atoms with Crippen molar-refractivity contribution in [1.82, 2.24) is 19.5 Å². The van der Waals surface area contributed by atoms with E-state index in [1.54, 1.807) is 14.3 Å². The fourth-order valence-electron chi connectivity index (χ4n) is 5.25. The molecule has 8 heteroatoms. The van der Waals surface area contributed by atoms with Gasteiger partial charge in [0.05, 0.1) is 0 Å². The molecule has 1 aromatic carbocycles. The van der Waals surface area contributed by atoms with Crippen molar-refractivity contribution in [1.29, 1.82) is 0 Å². The maximum absolute atomic E-state index is 12.8. The average molecular weight is 567 g/mol. The van der Waals surface area contributed by atoms with Gasteiger partial charge in [0.15, 0.2) is 0 Å². The number of rotatable bonds is 4. The maximum atomic E-state index is 12.8. The summed E-state index contributed by atoms with van der Waals surface area (Å²) in [5.41, 5.74) is 4.16. The molecule has 0 spiro atoms. The molecule has 7 nitrogen and oxygen atoms in total. The van der Waals surface area contributed by atoms with E-state index >= 15 is 0 Å². The molecule has 2 atom stereocenters. The van der Waals surface area contributed by atoms with Gasteiger partial charge in [-0.05, 0) is 12.3 Å². The molecule has 2 fully saturated rings. The summed E-state index contributed by atoms with van der Waals surface area (Å²) in [7, 11) is 0. The van der Waals surface area contributed by atoms with Gasteiger partial charge in [-0.15, -0.1) is 0 Å². The number of hydrogen-bond donors (Lipinski definition) is 1. The monoisotopic (exact) mass is 568 g/mol. The van der Waals surface area contributed by atoms with Crippen molar-refractivity contribution < 1.29 is 4.79 Å². The van der Waals surface area contributed by atoms with Gasteiger partial charge in [0.2, 0.25) is 0 Å². The third kappa shape index (κ3) is 4.51. The van der Waals surface area contributed by atoms with Crippen LogP contribution in [-0.2, 0) is 0 Å². The van der Waals surface area contributed by atoms with Gasteiger partial charge in [-0.1, -0.05) is 6.92 Å². The molecule has 1 N–H and O–H groups in total. The summed E-state index contributed by atoms with van der Waals surface area (Å²) in [5.74, 6) is 1.50. The number of anilines is 2. The Balaban J connectivity index is 1.44. The number of benzene rings is 1. The third-order valence-electron chi connectivity index (χ3n) is 7.36. The zero-order valence-electron chi connectivity index (χ0n) is 21.0. The molecule has 0 unspecified atom stereocenters. The number of carbonyl (C=O) groups excluding carboxylic acids is 1. The molecule has 2 aliphatic heterocycles. The second-order valence-corrected chi connectivity index (χ2v) is 25.5. The van der Waals surface area contributed by atoms with Gasteiger partial charge in [0, 0.05) is 13.1 Å². The van der Waals surface area contributed by atoms with Gasteiger partial charge in [0.25, 0.3) is 0 Å². The Morgan fingerprint density at radius 1 is 1.15 bits per heavy atom. The number of aromatic nitrogens is 3. The first-order chi connectivity index (χ1) is 16.2. The van der Waals surface area contributed by atoms with Gasteiger partial charge in [-0.3, -0.25) is 0 Å². The van der Waals surface area contributed by atoms with Crippen molar-refractivity contribution in [3.05, 3.63) is 47.8 Å². The normalized spacial score (nSPS) is 21.0. The average Bonchev–Trinajstić information content (AvgIpc) is 3.53. The van der Waals surface area contributed by atoms with Crippen LogP contribution in [0.5, 0.6) is 0 Å². The zero-order chi connectivity index (χ0) is 24.0. The van der Waals surface area contributed by atoms with E-state index in [1.807, 2.05) is 17.2 Å². The molecular formula is C26H36N6OSn. The zero-order valence-corrected chi connectivity index (χ0v) is 23.9. The Morgan fingerprint density at radius 2 is 1.97 bits per heavy atom. The Hall–Kier alpha value is -2.29. The predicted molar refractivity (Wildman–Crippen MR) is 141 cm³/mol. The van der Waals surface area contributed by atoms with E-state index in [0.717, 1.165) is 44.7 Å². The standard InChI is InChI=1S/C23H27N6O.3CH3.Sn/c1-16-9-12-27(15-16)23(30)25-19-14-24-29-13-10-21(26-22(19)29)28-11-5-8-20(28)18-7-4-3-6-17(18)2;;;;/h3,6-7,10,13-14,16,20H,5,8-9,11-12,15H2,1-2H3,(H,25,30);3*1H3;/t16-,20+;;;;/m0..../s1. The molecular weight excluding hydrogens is 531 g/mol. The molecule has 2 aliphatic rings. The van der Waals surface area contributed by atoms with Crippen molar-refractivity contribution >= 4 is 45.1 Å². The second-order valence-electron chi connectivity index (χ2n) is 11.1. The van der Waals surface area contributed by atoms with Crippen LogP contribution in [0, 0.1) is 12.8 Å². The van der Waals surface area contributed by atoms with E-state index in [1.165, 1.54) is 11.1 Å². The van der Waals surface area contributed by atoms with E-state index in [2.05, 4.69) is 62.2 Å². The quantitative estimate of drug-likeness (QED) is 0.461. The van der Waals surface area contributed by atoms with Gasteiger partial charge in [0.1, 0.15) is 0 Å². The summed E-state index contributed by atoms with van der Waals surface area (Å²) in [4.78, 5) is 29.5. The second kappa shape index (κ2) is 9.06. The van der Waals surface area contributed by atoms with Gasteiger partial charge >= 0.3 is 175 Å². The summed E-state index contributed by atoms with van der Waals surface area (Å²) in [6.45, 7) is 7.01. The van der Waals surface area contributed by atoms with Crippen LogP contribution < -0.4 is 13.8 Å². The van der Waals surface area contributed by atoms with Crippen molar-refractivity contribution in [3.8, 4) is 0 Å². The first-order valence-electron chi connectivity index (χ1n) is 12.5. The summed E-state index contributed by atoms with van der Waals surface area (Å²) < 4.78 is 3.32. The molecule has 0 radical (unpaired) electrons. The number of likely N-dealkylation sites (tertiary alicyclic amines) is 1. The topological polar surface area (TPSA) is 65.8 Å². The third-order valence-corrected chi connectivity index (χ3v) is 13.2. The Morgan fingerprint density at radius 3 is 2.71 bits per heavy atom. The number of carbonyl (C=O) groups is 1. The molecule has 0 saturated carbocycles. The van der Waals surface area contributed by atoms with Crippen LogP contribution in [0.1, 0.15) is 43.4 Å².